The van der Waals surface area contributed by atoms with Crippen LogP contribution in [0, 0.1) is 5.92 Å². The number of carbonyl (C=O) groups excluding carboxylic acids is 1. The second-order valence-corrected chi connectivity index (χ2v) is 5.81. The Morgan fingerprint density at radius 3 is 2.12 bits per heavy atom. The molecular weight excluding hydrogens is 202 g/mol. The van der Waals surface area contributed by atoms with Gasteiger partial charge in [-0.25, -0.2) is 0 Å². The average molecular weight is 227 g/mol. The second-order valence-electron chi connectivity index (χ2n) is 5.81. The lowest BCUT2D eigenvalue weighted by molar-refractivity contribution is -0.158. The maximum Gasteiger partial charge on any atom is 0.323 e. The van der Waals surface area contributed by atoms with E-state index >= 15 is 0 Å². The molecule has 3 nitrogen and oxygen atoms in total. The van der Waals surface area contributed by atoms with Gasteiger partial charge in [0.15, 0.2) is 0 Å². The third kappa shape index (κ3) is 4.52. The van der Waals surface area contributed by atoms with Crippen LogP contribution >= 0.6 is 0 Å². The Bertz CT molecular complexity index is 225. The number of esters is 1. The van der Waals surface area contributed by atoms with Gasteiger partial charge in [0.2, 0.25) is 0 Å². The smallest absolute Gasteiger partial charge is 0.323 e. The normalized spacial score (nSPS) is 21.2. The van der Waals surface area contributed by atoms with Crippen LogP contribution < -0.4 is 5.73 Å². The van der Waals surface area contributed by atoms with E-state index in [1.165, 1.54) is 25.7 Å². The quantitative estimate of drug-likeness (QED) is 0.583. The minimum atomic E-state index is -0.433. The van der Waals surface area contributed by atoms with Crippen molar-refractivity contribution < 1.29 is 9.53 Å². The molecule has 0 aliphatic heterocycles. The van der Waals surface area contributed by atoms with E-state index in [0.29, 0.717) is 5.92 Å². The van der Waals surface area contributed by atoms with Crippen LogP contribution in [0.25, 0.3) is 0 Å². The number of carbonyl (C=O) groups is 1. The predicted molar refractivity (Wildman–Crippen MR) is 65.0 cm³/mol. The average Bonchev–Trinajstić information content (AvgIpc) is 2.41. The van der Waals surface area contributed by atoms with Crippen LogP contribution in [0.1, 0.15) is 59.3 Å². The van der Waals surface area contributed by atoms with Gasteiger partial charge < -0.3 is 10.5 Å². The van der Waals surface area contributed by atoms with Crippen LogP contribution in [0.15, 0.2) is 0 Å². The molecule has 1 aliphatic carbocycles. The standard InChI is InChI=1S/C13H25NO2/c1-13(2,3)16-12(15)11(14)10-8-6-4-5-7-9-10/h10-11H,4-9,14H2,1-3H3/t11-/m1/s1. The molecule has 0 aromatic carbocycles. The van der Waals surface area contributed by atoms with Crippen molar-refractivity contribution in [3.63, 3.8) is 0 Å². The summed E-state index contributed by atoms with van der Waals surface area (Å²) in [5, 5.41) is 0. The zero-order valence-corrected chi connectivity index (χ0v) is 10.8. The first kappa shape index (κ1) is 13.5. The summed E-state index contributed by atoms with van der Waals surface area (Å²) in [7, 11) is 0. The second kappa shape index (κ2) is 5.67. The molecule has 0 spiro atoms. The molecule has 3 heteroatoms. The summed E-state index contributed by atoms with van der Waals surface area (Å²) in [6.45, 7) is 5.64. The van der Waals surface area contributed by atoms with Crippen LogP contribution in [0.3, 0.4) is 0 Å². The topological polar surface area (TPSA) is 52.3 Å². The van der Waals surface area contributed by atoms with E-state index in [-0.39, 0.29) is 5.97 Å². The SMILES string of the molecule is CC(C)(C)OC(=O)[C@H](N)C1CCCCCC1. The molecular formula is C13H25NO2. The summed E-state index contributed by atoms with van der Waals surface area (Å²) in [6.07, 6.45) is 7.08. The third-order valence-corrected chi connectivity index (χ3v) is 3.09. The molecule has 2 N–H and O–H groups in total. The van der Waals surface area contributed by atoms with Crippen molar-refractivity contribution in [3.05, 3.63) is 0 Å². The summed E-state index contributed by atoms with van der Waals surface area (Å²) >= 11 is 0. The van der Waals surface area contributed by atoms with Crippen molar-refractivity contribution in [2.75, 3.05) is 0 Å². The van der Waals surface area contributed by atoms with Crippen LogP contribution in [0.4, 0.5) is 0 Å². The number of nitrogens with two attached hydrogens (primary N) is 1. The summed E-state index contributed by atoms with van der Waals surface area (Å²) in [5.41, 5.74) is 5.56. The van der Waals surface area contributed by atoms with Gasteiger partial charge in [0, 0.05) is 0 Å². The van der Waals surface area contributed by atoms with Crippen molar-refractivity contribution >= 4 is 5.97 Å². The van der Waals surface area contributed by atoms with Crippen molar-refractivity contribution in [1.82, 2.24) is 0 Å². The molecule has 94 valence electrons. The Kier molecular flexibility index (Phi) is 4.78. The maximum atomic E-state index is 11.8. The fourth-order valence-electron chi connectivity index (χ4n) is 2.23. The minimum Gasteiger partial charge on any atom is -0.459 e. The van der Waals surface area contributed by atoms with E-state index in [1.807, 2.05) is 20.8 Å². The van der Waals surface area contributed by atoms with Gasteiger partial charge in [-0.3, -0.25) is 4.79 Å². The Labute approximate surface area is 98.7 Å². The van der Waals surface area contributed by atoms with Crippen LogP contribution in [-0.4, -0.2) is 17.6 Å². The molecule has 0 radical (unpaired) electrons. The van der Waals surface area contributed by atoms with E-state index in [4.69, 9.17) is 10.5 Å². The Balaban J connectivity index is 2.48. The summed E-state index contributed by atoms with van der Waals surface area (Å²) in [6, 6.07) is -0.433. The summed E-state index contributed by atoms with van der Waals surface area (Å²) in [5.74, 6) is 0.0803. The van der Waals surface area contributed by atoms with Gasteiger partial charge in [0.1, 0.15) is 11.6 Å². The molecule has 1 atom stereocenters. The first-order chi connectivity index (χ1) is 7.40. The van der Waals surface area contributed by atoms with Gasteiger partial charge in [-0.15, -0.1) is 0 Å². The van der Waals surface area contributed by atoms with Gasteiger partial charge in [0.05, 0.1) is 0 Å². The number of hydrogen-bond donors (Lipinski definition) is 1. The lowest BCUT2D eigenvalue weighted by Gasteiger charge is -2.26. The molecule has 0 unspecified atom stereocenters. The number of hydrogen-bond acceptors (Lipinski definition) is 3. The van der Waals surface area contributed by atoms with E-state index in [1.54, 1.807) is 0 Å². The molecule has 0 amide bonds. The van der Waals surface area contributed by atoms with E-state index < -0.39 is 11.6 Å². The van der Waals surface area contributed by atoms with Crippen LogP contribution in [-0.2, 0) is 9.53 Å². The van der Waals surface area contributed by atoms with E-state index in [9.17, 15) is 4.79 Å². The first-order valence-electron chi connectivity index (χ1n) is 6.38. The predicted octanol–water partition coefficient (Wildman–Crippen LogP) is 2.63. The third-order valence-electron chi connectivity index (χ3n) is 3.09. The minimum absolute atomic E-state index is 0.237. The fourth-order valence-corrected chi connectivity index (χ4v) is 2.23. The zero-order chi connectivity index (χ0) is 12.2. The zero-order valence-electron chi connectivity index (χ0n) is 10.8. The summed E-state index contributed by atoms with van der Waals surface area (Å²) < 4.78 is 5.33. The lowest BCUT2D eigenvalue weighted by atomic mass is 9.92. The lowest BCUT2D eigenvalue weighted by Crippen LogP contribution is -2.42. The highest BCUT2D eigenvalue weighted by Gasteiger charge is 2.29. The largest absolute Gasteiger partial charge is 0.459 e. The highest BCUT2D eigenvalue weighted by Crippen LogP contribution is 2.25. The van der Waals surface area contributed by atoms with Crippen LogP contribution in [0.2, 0.25) is 0 Å². The highest BCUT2D eigenvalue weighted by molar-refractivity contribution is 5.76. The molecule has 0 aromatic heterocycles. The Morgan fingerprint density at radius 1 is 1.19 bits per heavy atom. The molecule has 16 heavy (non-hydrogen) atoms. The van der Waals surface area contributed by atoms with E-state index in [2.05, 4.69) is 0 Å². The van der Waals surface area contributed by atoms with E-state index in [0.717, 1.165) is 12.8 Å². The first-order valence-corrected chi connectivity index (χ1v) is 6.38. The maximum absolute atomic E-state index is 11.8. The Hall–Kier alpha value is -0.570. The van der Waals surface area contributed by atoms with Crippen molar-refractivity contribution in [2.45, 2.75) is 70.9 Å². The Morgan fingerprint density at radius 2 is 1.69 bits per heavy atom. The molecule has 0 aromatic rings. The van der Waals surface area contributed by atoms with Crippen LogP contribution in [0.5, 0.6) is 0 Å². The van der Waals surface area contributed by atoms with Crippen molar-refractivity contribution in [2.24, 2.45) is 11.7 Å². The van der Waals surface area contributed by atoms with Crippen molar-refractivity contribution in [1.29, 1.82) is 0 Å². The monoisotopic (exact) mass is 227 g/mol. The van der Waals surface area contributed by atoms with Gasteiger partial charge in [-0.05, 0) is 39.5 Å². The van der Waals surface area contributed by atoms with Crippen molar-refractivity contribution in [3.8, 4) is 0 Å². The number of rotatable bonds is 2. The van der Waals surface area contributed by atoms with Gasteiger partial charge in [-0.2, -0.15) is 0 Å². The van der Waals surface area contributed by atoms with Gasteiger partial charge in [0.25, 0.3) is 0 Å². The molecule has 0 heterocycles. The molecule has 1 fully saturated rings. The molecule has 0 saturated heterocycles. The molecule has 1 rings (SSSR count). The molecule has 1 saturated carbocycles. The fraction of sp³-hybridized carbons (Fsp3) is 0.923. The molecule has 1 aliphatic rings. The summed E-state index contributed by atoms with van der Waals surface area (Å²) in [4.78, 5) is 11.8. The van der Waals surface area contributed by atoms with Gasteiger partial charge in [-0.1, -0.05) is 25.7 Å². The van der Waals surface area contributed by atoms with Gasteiger partial charge >= 0.3 is 5.97 Å². The number of ether oxygens (including phenoxy) is 1. The molecule has 0 bridgehead atoms. The highest BCUT2D eigenvalue weighted by atomic mass is 16.6.